The normalized spacial score (nSPS) is 11.8. The Kier molecular flexibility index (Phi) is 4.05. The summed E-state index contributed by atoms with van der Waals surface area (Å²) in [7, 11) is -1.87. The summed E-state index contributed by atoms with van der Waals surface area (Å²) in [5, 5.41) is 18.0. The van der Waals surface area contributed by atoms with Crippen molar-refractivity contribution in [2.24, 2.45) is 0 Å². The van der Waals surface area contributed by atoms with E-state index in [1.807, 2.05) is 0 Å². The first-order chi connectivity index (χ1) is 7.71. The number of hydrogen-bond donors (Lipinski definition) is 2. The Labute approximate surface area is 97.0 Å². The van der Waals surface area contributed by atoms with Crippen LogP contribution in [0.1, 0.15) is 19.4 Å². The predicted octanol–water partition coefficient (Wildman–Crippen LogP) is 1.17. The maximum absolute atomic E-state index is 12.5. The molecule has 0 spiro atoms. The van der Waals surface area contributed by atoms with Crippen molar-refractivity contribution in [1.82, 2.24) is 0 Å². The summed E-state index contributed by atoms with van der Waals surface area (Å²) in [4.78, 5) is 0. The van der Waals surface area contributed by atoms with E-state index in [0.717, 1.165) is 18.2 Å². The number of hydrogen-bond acceptors (Lipinski definition) is 3. The minimum absolute atomic E-state index is 0.0910. The Hall–Kier alpha value is -1.21. The number of ether oxygens (including phenoxy) is 1. The molecule has 0 saturated carbocycles. The van der Waals surface area contributed by atoms with Gasteiger partial charge in [-0.1, -0.05) is 12.1 Å². The predicted molar refractivity (Wildman–Crippen MR) is 57.0 cm³/mol. The van der Waals surface area contributed by atoms with Crippen molar-refractivity contribution in [1.29, 1.82) is 0 Å². The van der Waals surface area contributed by atoms with Crippen LogP contribution >= 0.6 is 0 Å². The molecule has 0 aliphatic carbocycles. The second-order valence-electron chi connectivity index (χ2n) is 3.79. The van der Waals surface area contributed by atoms with Crippen molar-refractivity contribution in [2.45, 2.75) is 26.1 Å². The average molecular weight is 248 g/mol. The molecule has 0 unspecified atom stereocenters. The molecule has 2 N–H and O–H groups in total. The van der Waals surface area contributed by atoms with Gasteiger partial charge in [-0.2, -0.15) is 13.2 Å². The lowest BCUT2D eigenvalue weighted by Crippen LogP contribution is -2.32. The molecule has 1 rings (SSSR count). The molecule has 0 bridgehead atoms. The molecule has 94 valence electrons. The Morgan fingerprint density at radius 3 is 2.24 bits per heavy atom. The molecule has 0 atom stereocenters. The van der Waals surface area contributed by atoms with E-state index in [4.69, 9.17) is 14.8 Å². The monoisotopic (exact) mass is 248 g/mol. The van der Waals surface area contributed by atoms with Gasteiger partial charge in [0.2, 0.25) is 0 Å². The van der Waals surface area contributed by atoms with E-state index < -0.39 is 18.9 Å². The molecule has 3 nitrogen and oxygen atoms in total. The fraction of sp³-hybridized carbons (Fsp3) is 0.400. The van der Waals surface area contributed by atoms with Crippen molar-refractivity contribution >= 4 is 12.6 Å². The lowest BCUT2D eigenvalue weighted by atomic mass is 9.79. The highest BCUT2D eigenvalue weighted by atomic mass is 19.4. The summed E-state index contributed by atoms with van der Waals surface area (Å²) in [6, 6.07) is 2.53. The van der Waals surface area contributed by atoms with Crippen molar-refractivity contribution in [3.8, 4) is 5.75 Å². The van der Waals surface area contributed by atoms with Crippen molar-refractivity contribution < 1.29 is 28.0 Å². The first kappa shape index (κ1) is 13.9. The summed E-state index contributed by atoms with van der Waals surface area (Å²) in [6.45, 7) is 3.27. The minimum atomic E-state index is -4.49. The third-order valence-corrected chi connectivity index (χ3v) is 1.98. The maximum atomic E-state index is 12.5. The second-order valence-corrected chi connectivity index (χ2v) is 3.79. The zero-order valence-electron chi connectivity index (χ0n) is 9.32. The van der Waals surface area contributed by atoms with Gasteiger partial charge in [-0.25, -0.2) is 0 Å². The van der Waals surface area contributed by atoms with E-state index in [-0.39, 0.29) is 17.3 Å². The Morgan fingerprint density at radius 2 is 1.82 bits per heavy atom. The second kappa shape index (κ2) is 4.97. The Bertz CT molecular complexity index is 391. The van der Waals surface area contributed by atoms with Crippen molar-refractivity contribution in [3.63, 3.8) is 0 Å². The molecule has 0 fully saturated rings. The quantitative estimate of drug-likeness (QED) is 0.789. The minimum Gasteiger partial charge on any atom is -0.491 e. The van der Waals surface area contributed by atoms with E-state index >= 15 is 0 Å². The molecular formula is C10H12BF3O3. The van der Waals surface area contributed by atoms with Crippen LogP contribution in [0.3, 0.4) is 0 Å². The van der Waals surface area contributed by atoms with Crippen LogP contribution in [0.4, 0.5) is 13.2 Å². The fourth-order valence-electron chi connectivity index (χ4n) is 1.28. The molecule has 0 saturated heterocycles. The summed E-state index contributed by atoms with van der Waals surface area (Å²) in [6.07, 6.45) is -4.86. The number of benzene rings is 1. The van der Waals surface area contributed by atoms with Gasteiger partial charge in [0.25, 0.3) is 0 Å². The van der Waals surface area contributed by atoms with E-state index in [9.17, 15) is 13.2 Å². The number of rotatable bonds is 3. The molecule has 7 heteroatoms. The largest absolute Gasteiger partial charge is 0.492 e. The third kappa shape index (κ3) is 3.64. The fourth-order valence-corrected chi connectivity index (χ4v) is 1.28. The first-order valence-electron chi connectivity index (χ1n) is 4.95. The van der Waals surface area contributed by atoms with Crippen LogP contribution in [0.2, 0.25) is 0 Å². The smallest absolute Gasteiger partial charge is 0.491 e. The molecule has 17 heavy (non-hydrogen) atoms. The van der Waals surface area contributed by atoms with Gasteiger partial charge in [-0.05, 0) is 19.9 Å². The number of alkyl halides is 3. The average Bonchev–Trinajstić information content (AvgIpc) is 2.14. The maximum Gasteiger partial charge on any atom is 0.492 e. The molecule has 0 aliphatic rings. The highest BCUT2D eigenvalue weighted by Gasteiger charge is 2.32. The van der Waals surface area contributed by atoms with Gasteiger partial charge >= 0.3 is 13.3 Å². The van der Waals surface area contributed by atoms with E-state index in [1.54, 1.807) is 13.8 Å². The molecule has 1 aromatic rings. The van der Waals surface area contributed by atoms with Crippen LogP contribution in [0.5, 0.6) is 5.75 Å². The van der Waals surface area contributed by atoms with Crippen LogP contribution in [-0.4, -0.2) is 23.3 Å². The summed E-state index contributed by atoms with van der Waals surface area (Å²) >= 11 is 0. The van der Waals surface area contributed by atoms with Crippen LogP contribution in [0.25, 0.3) is 0 Å². The number of halogens is 3. The summed E-state index contributed by atoms with van der Waals surface area (Å²) in [5.74, 6) is -0.176. The standard InChI is InChI=1S/C10H12BF3O3/c1-6(2)17-9-5-7(10(12,13)14)3-4-8(9)11(15)16/h3-6,15-16H,1-2H3. The molecular weight excluding hydrogens is 236 g/mol. The zero-order chi connectivity index (χ0) is 13.2. The van der Waals surface area contributed by atoms with E-state index in [0.29, 0.717) is 0 Å². The van der Waals surface area contributed by atoms with E-state index in [2.05, 4.69) is 0 Å². The molecule has 0 amide bonds. The topological polar surface area (TPSA) is 49.7 Å². The lowest BCUT2D eigenvalue weighted by Gasteiger charge is -2.16. The van der Waals surface area contributed by atoms with Gasteiger partial charge < -0.3 is 14.8 Å². The van der Waals surface area contributed by atoms with Crippen LogP contribution in [-0.2, 0) is 6.18 Å². The highest BCUT2D eigenvalue weighted by molar-refractivity contribution is 6.59. The van der Waals surface area contributed by atoms with Gasteiger partial charge in [-0.3, -0.25) is 0 Å². The third-order valence-electron chi connectivity index (χ3n) is 1.98. The van der Waals surface area contributed by atoms with Gasteiger partial charge in [0.1, 0.15) is 5.75 Å². The molecule has 0 aliphatic heterocycles. The zero-order valence-corrected chi connectivity index (χ0v) is 9.32. The summed E-state index contributed by atoms with van der Waals surface area (Å²) in [5.41, 5.74) is -0.982. The molecule has 0 heterocycles. The van der Waals surface area contributed by atoms with Gasteiger partial charge in [0.05, 0.1) is 11.7 Å². The van der Waals surface area contributed by atoms with E-state index in [1.165, 1.54) is 0 Å². The van der Waals surface area contributed by atoms with Crippen LogP contribution in [0, 0.1) is 0 Å². The van der Waals surface area contributed by atoms with Crippen molar-refractivity contribution in [2.75, 3.05) is 0 Å². The molecule has 1 aromatic carbocycles. The van der Waals surface area contributed by atoms with Gasteiger partial charge in [0, 0.05) is 5.46 Å². The van der Waals surface area contributed by atoms with Gasteiger partial charge in [-0.15, -0.1) is 0 Å². The summed E-state index contributed by atoms with van der Waals surface area (Å²) < 4.78 is 42.5. The Balaban J connectivity index is 3.19. The van der Waals surface area contributed by atoms with Crippen LogP contribution < -0.4 is 10.2 Å². The molecule has 0 aromatic heterocycles. The van der Waals surface area contributed by atoms with Crippen LogP contribution in [0.15, 0.2) is 18.2 Å². The van der Waals surface area contributed by atoms with Crippen molar-refractivity contribution in [3.05, 3.63) is 23.8 Å². The highest BCUT2D eigenvalue weighted by Crippen LogP contribution is 2.31. The SMILES string of the molecule is CC(C)Oc1cc(C(F)(F)F)ccc1B(O)O. The first-order valence-corrected chi connectivity index (χ1v) is 4.95. The lowest BCUT2D eigenvalue weighted by molar-refractivity contribution is -0.137. The van der Waals surface area contributed by atoms with Gasteiger partial charge in [0.15, 0.2) is 0 Å². The molecule has 0 radical (unpaired) electrons. The Morgan fingerprint density at radius 1 is 1.24 bits per heavy atom.